The SMILES string of the molecule is COc1cncc(-c2cc3c(c(Nc4ccc(C5CCNCC5)nc4)n2)C(C=O)NC=C3)c1. The molecule has 8 nitrogen and oxygen atoms in total. The van der Waals surface area contributed by atoms with Gasteiger partial charge in [0.2, 0.25) is 0 Å². The highest BCUT2D eigenvalue weighted by molar-refractivity contribution is 5.80. The molecule has 3 aromatic heterocycles. The van der Waals surface area contributed by atoms with Gasteiger partial charge in [0.25, 0.3) is 0 Å². The van der Waals surface area contributed by atoms with Crippen molar-refractivity contribution in [3.8, 4) is 17.0 Å². The fourth-order valence-corrected chi connectivity index (χ4v) is 4.36. The predicted molar refractivity (Wildman–Crippen MR) is 127 cm³/mol. The molecule has 0 radical (unpaired) electrons. The van der Waals surface area contributed by atoms with Crippen molar-refractivity contribution in [2.24, 2.45) is 0 Å². The summed E-state index contributed by atoms with van der Waals surface area (Å²) in [7, 11) is 1.61. The largest absolute Gasteiger partial charge is 0.495 e. The number of hydrogen-bond donors (Lipinski definition) is 3. The maximum Gasteiger partial charge on any atom is 0.146 e. The molecule has 33 heavy (non-hydrogen) atoms. The van der Waals surface area contributed by atoms with Crippen molar-refractivity contribution in [3.63, 3.8) is 0 Å². The molecule has 5 rings (SSSR count). The molecule has 2 aliphatic heterocycles. The fourth-order valence-electron chi connectivity index (χ4n) is 4.36. The zero-order chi connectivity index (χ0) is 22.6. The van der Waals surface area contributed by atoms with Crippen molar-refractivity contribution in [1.82, 2.24) is 25.6 Å². The maximum atomic E-state index is 11.8. The molecule has 0 aliphatic carbocycles. The monoisotopic (exact) mass is 442 g/mol. The number of fused-ring (bicyclic) bond motifs is 1. The maximum absolute atomic E-state index is 11.8. The number of aromatic nitrogens is 3. The number of anilines is 2. The van der Waals surface area contributed by atoms with Crippen molar-refractivity contribution < 1.29 is 9.53 Å². The van der Waals surface area contributed by atoms with Crippen LogP contribution in [-0.4, -0.2) is 41.4 Å². The van der Waals surface area contributed by atoms with E-state index in [0.717, 1.165) is 66.0 Å². The minimum atomic E-state index is -0.487. The lowest BCUT2D eigenvalue weighted by atomic mass is 9.94. The second-order valence-corrected chi connectivity index (χ2v) is 8.21. The second kappa shape index (κ2) is 9.38. The topological polar surface area (TPSA) is 101 Å². The summed E-state index contributed by atoms with van der Waals surface area (Å²) in [6.45, 7) is 2.06. The molecule has 168 valence electrons. The molecule has 1 saturated heterocycles. The first-order chi connectivity index (χ1) is 16.2. The molecule has 8 heteroatoms. The summed E-state index contributed by atoms with van der Waals surface area (Å²) in [5.41, 5.74) is 5.22. The number of rotatable bonds is 6. The highest BCUT2D eigenvalue weighted by atomic mass is 16.5. The van der Waals surface area contributed by atoms with Crippen LogP contribution in [0.2, 0.25) is 0 Å². The number of carbonyl (C=O) groups excluding carboxylic acids is 1. The van der Waals surface area contributed by atoms with Crippen LogP contribution >= 0.6 is 0 Å². The van der Waals surface area contributed by atoms with E-state index in [0.29, 0.717) is 17.5 Å². The van der Waals surface area contributed by atoms with Crippen molar-refractivity contribution >= 4 is 23.9 Å². The van der Waals surface area contributed by atoms with Crippen LogP contribution in [0.15, 0.2) is 49.1 Å². The molecule has 0 aromatic carbocycles. The normalized spacial score (nSPS) is 17.7. The summed E-state index contributed by atoms with van der Waals surface area (Å²) in [5, 5.41) is 9.89. The highest BCUT2D eigenvalue weighted by Gasteiger charge is 2.23. The molecule has 0 spiro atoms. The molecule has 3 aromatic rings. The van der Waals surface area contributed by atoms with Gasteiger partial charge in [0.05, 0.1) is 30.9 Å². The van der Waals surface area contributed by atoms with Crippen molar-refractivity contribution in [2.75, 3.05) is 25.5 Å². The number of piperidine rings is 1. The van der Waals surface area contributed by atoms with Gasteiger partial charge in [0, 0.05) is 28.9 Å². The van der Waals surface area contributed by atoms with Crippen LogP contribution in [0.4, 0.5) is 11.5 Å². The van der Waals surface area contributed by atoms with E-state index in [1.54, 1.807) is 25.7 Å². The second-order valence-electron chi connectivity index (χ2n) is 8.21. The van der Waals surface area contributed by atoms with Gasteiger partial charge in [-0.3, -0.25) is 9.97 Å². The number of nitrogens with zero attached hydrogens (tertiary/aromatic N) is 3. The van der Waals surface area contributed by atoms with Gasteiger partial charge in [-0.2, -0.15) is 0 Å². The highest BCUT2D eigenvalue weighted by Crippen LogP contribution is 2.34. The molecule has 3 N–H and O–H groups in total. The number of methoxy groups -OCH3 is 1. The van der Waals surface area contributed by atoms with Crippen molar-refractivity contribution in [3.05, 3.63) is 65.9 Å². The van der Waals surface area contributed by atoms with Gasteiger partial charge in [-0.1, -0.05) is 0 Å². The van der Waals surface area contributed by atoms with E-state index in [2.05, 4.69) is 27.0 Å². The van der Waals surface area contributed by atoms with Gasteiger partial charge in [-0.15, -0.1) is 0 Å². The third-order valence-corrected chi connectivity index (χ3v) is 6.13. The Morgan fingerprint density at radius 2 is 2.03 bits per heavy atom. The predicted octanol–water partition coefficient (Wildman–Crippen LogP) is 3.57. The van der Waals surface area contributed by atoms with Gasteiger partial charge < -0.3 is 25.5 Å². The van der Waals surface area contributed by atoms with Crippen molar-refractivity contribution in [1.29, 1.82) is 0 Å². The lowest BCUT2D eigenvalue weighted by Crippen LogP contribution is -2.27. The summed E-state index contributed by atoms with van der Waals surface area (Å²) in [4.78, 5) is 25.6. The van der Waals surface area contributed by atoms with Crippen LogP contribution in [0.3, 0.4) is 0 Å². The minimum absolute atomic E-state index is 0.487. The third kappa shape index (κ3) is 4.42. The Morgan fingerprint density at radius 3 is 2.79 bits per heavy atom. The molecule has 1 atom stereocenters. The van der Waals surface area contributed by atoms with Crippen LogP contribution in [0.1, 0.15) is 41.6 Å². The van der Waals surface area contributed by atoms with Gasteiger partial charge in [0.1, 0.15) is 23.9 Å². The van der Waals surface area contributed by atoms with Crippen LogP contribution in [0.5, 0.6) is 5.75 Å². The number of ether oxygens (including phenoxy) is 1. The Kier molecular flexibility index (Phi) is 5.99. The molecule has 0 saturated carbocycles. The third-order valence-electron chi connectivity index (χ3n) is 6.13. The Hall–Kier alpha value is -3.78. The fraction of sp³-hybridized carbons (Fsp3) is 0.280. The van der Waals surface area contributed by atoms with Crippen molar-refractivity contribution in [2.45, 2.75) is 24.8 Å². The zero-order valence-electron chi connectivity index (χ0n) is 18.4. The molecule has 0 bridgehead atoms. The summed E-state index contributed by atoms with van der Waals surface area (Å²) < 4.78 is 5.32. The summed E-state index contributed by atoms with van der Waals surface area (Å²) in [5.74, 6) is 1.75. The minimum Gasteiger partial charge on any atom is -0.495 e. The Labute approximate surface area is 192 Å². The molecule has 1 fully saturated rings. The first-order valence-electron chi connectivity index (χ1n) is 11.1. The lowest BCUT2D eigenvalue weighted by Gasteiger charge is -2.24. The molecule has 2 aliphatic rings. The number of nitrogens with one attached hydrogen (secondary N) is 3. The van der Waals surface area contributed by atoms with E-state index < -0.39 is 6.04 Å². The van der Waals surface area contributed by atoms with Crippen LogP contribution in [0, 0.1) is 0 Å². The van der Waals surface area contributed by atoms with Crippen LogP contribution < -0.4 is 20.7 Å². The molecule has 0 amide bonds. The van der Waals surface area contributed by atoms with E-state index in [1.165, 1.54) is 0 Å². The summed E-state index contributed by atoms with van der Waals surface area (Å²) in [6.07, 6.45) is 12.1. The average Bonchev–Trinajstić information content (AvgIpc) is 2.89. The van der Waals surface area contributed by atoms with Gasteiger partial charge in [0.15, 0.2) is 0 Å². The van der Waals surface area contributed by atoms with E-state index in [-0.39, 0.29) is 0 Å². The Bertz CT molecular complexity index is 1170. The van der Waals surface area contributed by atoms with E-state index in [1.807, 2.05) is 30.5 Å². The van der Waals surface area contributed by atoms with Gasteiger partial charge >= 0.3 is 0 Å². The summed E-state index contributed by atoms with van der Waals surface area (Å²) in [6, 6.07) is 7.47. The number of aldehydes is 1. The van der Waals surface area contributed by atoms with Gasteiger partial charge in [-0.05, 0) is 68.0 Å². The number of hydrogen-bond acceptors (Lipinski definition) is 8. The molecular formula is C25H26N6O2. The zero-order valence-corrected chi connectivity index (χ0v) is 18.4. The molecular weight excluding hydrogens is 416 g/mol. The van der Waals surface area contributed by atoms with E-state index >= 15 is 0 Å². The molecule has 1 unspecified atom stereocenters. The number of carbonyl (C=O) groups is 1. The number of pyridine rings is 3. The Balaban J connectivity index is 1.51. The standard InChI is InChI=1S/C25H26N6O2/c1-33-20-10-18(12-27-14-20)22-11-17-6-9-28-23(15-32)24(17)25(31-22)30-19-2-3-21(29-13-19)16-4-7-26-8-5-16/h2-3,6,9-16,23,26,28H,4-5,7-8H2,1H3,(H,30,31). The first kappa shape index (κ1) is 21.1. The van der Waals surface area contributed by atoms with Crippen LogP contribution in [-0.2, 0) is 4.79 Å². The molecule has 5 heterocycles. The van der Waals surface area contributed by atoms with E-state index in [4.69, 9.17) is 14.7 Å². The summed E-state index contributed by atoms with van der Waals surface area (Å²) >= 11 is 0. The quantitative estimate of drug-likeness (QED) is 0.498. The van der Waals surface area contributed by atoms with E-state index in [9.17, 15) is 4.79 Å². The smallest absolute Gasteiger partial charge is 0.146 e. The lowest BCUT2D eigenvalue weighted by molar-refractivity contribution is -0.109. The van der Waals surface area contributed by atoms with Gasteiger partial charge in [-0.25, -0.2) is 4.98 Å². The first-order valence-corrected chi connectivity index (χ1v) is 11.1. The Morgan fingerprint density at radius 1 is 1.15 bits per heavy atom. The van der Waals surface area contributed by atoms with Crippen LogP contribution in [0.25, 0.3) is 17.3 Å². The average molecular weight is 443 g/mol.